The number of benzene rings is 2. The Balaban J connectivity index is 1.69. The summed E-state index contributed by atoms with van der Waals surface area (Å²) in [6, 6.07) is 19.1. The molecule has 0 bridgehead atoms. The smallest absolute Gasteiger partial charge is 0.316 e. The zero-order valence-electron chi connectivity index (χ0n) is 19.6. The van der Waals surface area contributed by atoms with E-state index in [0.717, 1.165) is 22.3 Å². The first kappa shape index (κ1) is 22.7. The number of methoxy groups -OCH3 is 1. The summed E-state index contributed by atoms with van der Waals surface area (Å²) < 4.78 is 6.77. The molecule has 0 radical (unpaired) electrons. The van der Waals surface area contributed by atoms with E-state index in [0.29, 0.717) is 22.5 Å². The second-order valence-corrected chi connectivity index (χ2v) is 8.05. The van der Waals surface area contributed by atoms with Crippen LogP contribution in [0.1, 0.15) is 24.2 Å². The van der Waals surface area contributed by atoms with Crippen LogP contribution in [0.4, 0.5) is 5.95 Å². The van der Waals surface area contributed by atoms with Crippen molar-refractivity contribution in [3.63, 3.8) is 0 Å². The molecule has 5 rings (SSSR count). The third-order valence-corrected chi connectivity index (χ3v) is 5.78. The van der Waals surface area contributed by atoms with Gasteiger partial charge in [-0.15, -0.1) is 0 Å². The Labute approximate surface area is 206 Å². The molecule has 9 heteroatoms. The quantitative estimate of drug-likeness (QED) is 0.386. The number of hydrogen-bond acceptors (Lipinski definition) is 8. The number of para-hydroxylation sites is 1. The normalized spacial score (nSPS) is 11.6. The molecule has 36 heavy (non-hydrogen) atoms. The summed E-state index contributed by atoms with van der Waals surface area (Å²) in [5, 5.41) is 13.6. The number of nitriles is 1. The maximum absolute atomic E-state index is 14.1. The third-order valence-electron chi connectivity index (χ3n) is 5.78. The number of nitrogens with one attached hydrogen (secondary N) is 1. The number of anilines is 1. The first-order valence-electron chi connectivity index (χ1n) is 11.2. The molecule has 0 saturated heterocycles. The maximum atomic E-state index is 14.1. The molecular formula is C27H21N7O2. The van der Waals surface area contributed by atoms with Gasteiger partial charge in [0, 0.05) is 29.3 Å². The SMILES string of the molecule is COc1ncc(-c2cccc3cc(C(C)Nc4ncc(C#N)cn4)n(-c4ccccc4)c(=O)c23)cn1. The summed E-state index contributed by atoms with van der Waals surface area (Å²) >= 11 is 0. The van der Waals surface area contributed by atoms with E-state index in [-0.39, 0.29) is 17.6 Å². The highest BCUT2D eigenvalue weighted by Crippen LogP contribution is 2.29. The highest BCUT2D eigenvalue weighted by molar-refractivity contribution is 5.96. The number of ether oxygens (including phenoxy) is 1. The van der Waals surface area contributed by atoms with Crippen molar-refractivity contribution in [1.29, 1.82) is 5.26 Å². The van der Waals surface area contributed by atoms with E-state index in [4.69, 9.17) is 10.00 Å². The van der Waals surface area contributed by atoms with Crippen LogP contribution in [0.2, 0.25) is 0 Å². The van der Waals surface area contributed by atoms with E-state index in [2.05, 4.69) is 25.3 Å². The minimum Gasteiger partial charge on any atom is -0.467 e. The van der Waals surface area contributed by atoms with Crippen LogP contribution in [0.25, 0.3) is 27.6 Å². The minimum absolute atomic E-state index is 0.172. The number of hydrogen-bond donors (Lipinski definition) is 1. The topological polar surface area (TPSA) is 119 Å². The average molecular weight is 476 g/mol. The van der Waals surface area contributed by atoms with Crippen molar-refractivity contribution >= 4 is 16.7 Å². The maximum Gasteiger partial charge on any atom is 0.316 e. The fraction of sp³-hybridized carbons (Fsp3) is 0.111. The van der Waals surface area contributed by atoms with Gasteiger partial charge in [-0.2, -0.15) is 5.26 Å². The second-order valence-electron chi connectivity index (χ2n) is 8.05. The Bertz CT molecular complexity index is 1620. The van der Waals surface area contributed by atoms with E-state index in [1.54, 1.807) is 17.0 Å². The molecular weight excluding hydrogens is 454 g/mol. The van der Waals surface area contributed by atoms with Gasteiger partial charge in [-0.25, -0.2) is 19.9 Å². The van der Waals surface area contributed by atoms with Crippen LogP contribution in [-0.2, 0) is 0 Å². The van der Waals surface area contributed by atoms with Crippen LogP contribution in [-0.4, -0.2) is 31.6 Å². The molecule has 9 nitrogen and oxygen atoms in total. The van der Waals surface area contributed by atoms with Gasteiger partial charge >= 0.3 is 6.01 Å². The van der Waals surface area contributed by atoms with Gasteiger partial charge in [0.1, 0.15) is 6.07 Å². The Morgan fingerprint density at radius 2 is 1.69 bits per heavy atom. The van der Waals surface area contributed by atoms with Gasteiger partial charge < -0.3 is 10.1 Å². The average Bonchev–Trinajstić information content (AvgIpc) is 2.93. The van der Waals surface area contributed by atoms with Crippen molar-refractivity contribution in [2.24, 2.45) is 0 Å². The zero-order chi connectivity index (χ0) is 25.1. The van der Waals surface area contributed by atoms with Crippen LogP contribution in [0.15, 0.2) is 84.2 Å². The molecule has 3 heterocycles. The van der Waals surface area contributed by atoms with Gasteiger partial charge in [-0.3, -0.25) is 9.36 Å². The summed E-state index contributed by atoms with van der Waals surface area (Å²) in [5.41, 5.74) is 3.10. The highest BCUT2D eigenvalue weighted by atomic mass is 16.5. The fourth-order valence-electron chi connectivity index (χ4n) is 4.07. The van der Waals surface area contributed by atoms with Crippen molar-refractivity contribution in [3.8, 4) is 28.9 Å². The Kier molecular flexibility index (Phi) is 6.07. The Morgan fingerprint density at radius 3 is 2.36 bits per heavy atom. The lowest BCUT2D eigenvalue weighted by molar-refractivity contribution is 0.380. The number of fused-ring (bicyclic) bond motifs is 1. The summed E-state index contributed by atoms with van der Waals surface area (Å²) in [6.07, 6.45) is 6.20. The van der Waals surface area contributed by atoms with E-state index < -0.39 is 0 Å². The lowest BCUT2D eigenvalue weighted by Gasteiger charge is -2.21. The molecule has 0 amide bonds. The van der Waals surface area contributed by atoms with Gasteiger partial charge in [-0.05, 0) is 36.1 Å². The minimum atomic E-state index is -0.330. The summed E-state index contributed by atoms with van der Waals surface area (Å²) in [7, 11) is 1.51. The van der Waals surface area contributed by atoms with Crippen molar-refractivity contribution in [2.45, 2.75) is 13.0 Å². The van der Waals surface area contributed by atoms with Crippen molar-refractivity contribution in [1.82, 2.24) is 24.5 Å². The second kappa shape index (κ2) is 9.64. The number of aromatic nitrogens is 5. The molecule has 0 aliphatic heterocycles. The van der Waals surface area contributed by atoms with Gasteiger partial charge in [-0.1, -0.05) is 36.4 Å². The van der Waals surface area contributed by atoms with Crippen LogP contribution in [0, 0.1) is 11.3 Å². The van der Waals surface area contributed by atoms with Gasteiger partial charge in [0.25, 0.3) is 5.56 Å². The monoisotopic (exact) mass is 475 g/mol. The van der Waals surface area contributed by atoms with Crippen LogP contribution in [0.5, 0.6) is 6.01 Å². The molecule has 5 aromatic rings. The van der Waals surface area contributed by atoms with Crippen LogP contribution >= 0.6 is 0 Å². The molecule has 0 aliphatic rings. The van der Waals surface area contributed by atoms with E-state index in [1.807, 2.05) is 67.6 Å². The predicted octanol–water partition coefficient (Wildman–Crippen LogP) is 4.29. The van der Waals surface area contributed by atoms with E-state index in [9.17, 15) is 4.79 Å². The highest BCUT2D eigenvalue weighted by Gasteiger charge is 2.19. The number of rotatable bonds is 6. The lowest BCUT2D eigenvalue weighted by atomic mass is 9.99. The Morgan fingerprint density at radius 1 is 0.972 bits per heavy atom. The van der Waals surface area contributed by atoms with Gasteiger partial charge in [0.15, 0.2) is 0 Å². The largest absolute Gasteiger partial charge is 0.467 e. The van der Waals surface area contributed by atoms with Crippen LogP contribution in [0.3, 0.4) is 0 Å². The third kappa shape index (κ3) is 4.23. The van der Waals surface area contributed by atoms with E-state index in [1.165, 1.54) is 19.5 Å². The number of nitrogens with zero attached hydrogens (tertiary/aromatic N) is 6. The van der Waals surface area contributed by atoms with Crippen molar-refractivity contribution in [3.05, 3.63) is 101 Å². The molecule has 2 aromatic carbocycles. The molecule has 176 valence electrons. The van der Waals surface area contributed by atoms with E-state index >= 15 is 0 Å². The van der Waals surface area contributed by atoms with Crippen molar-refractivity contribution < 1.29 is 4.74 Å². The first-order chi connectivity index (χ1) is 17.6. The lowest BCUT2D eigenvalue weighted by Crippen LogP contribution is -2.26. The molecule has 0 fully saturated rings. The fourth-order valence-corrected chi connectivity index (χ4v) is 4.07. The molecule has 0 aliphatic carbocycles. The summed E-state index contributed by atoms with van der Waals surface area (Å²) in [6.45, 7) is 1.93. The van der Waals surface area contributed by atoms with Crippen molar-refractivity contribution in [2.75, 3.05) is 12.4 Å². The van der Waals surface area contributed by atoms with Gasteiger partial charge in [0.05, 0.1) is 36.5 Å². The molecule has 1 unspecified atom stereocenters. The number of pyridine rings is 1. The molecule has 0 saturated carbocycles. The standard InChI is InChI=1S/C27H21N7O2/c1-17(33-26-29-13-18(12-28)14-30-26)23-11-19-7-6-10-22(20-15-31-27(36-2)32-16-20)24(19)25(35)34(23)21-8-4-3-5-9-21/h3-11,13-17H,1-2H3,(H,29,30,33). The molecule has 1 N–H and O–H groups in total. The molecule has 0 spiro atoms. The molecule has 1 atom stereocenters. The zero-order valence-corrected chi connectivity index (χ0v) is 19.6. The molecule has 3 aromatic heterocycles. The summed E-state index contributed by atoms with van der Waals surface area (Å²) in [5.74, 6) is 0.359. The summed E-state index contributed by atoms with van der Waals surface area (Å²) in [4.78, 5) is 31.0. The predicted molar refractivity (Wildman–Crippen MR) is 136 cm³/mol. The van der Waals surface area contributed by atoms with Gasteiger partial charge in [0.2, 0.25) is 5.95 Å². The first-order valence-corrected chi connectivity index (χ1v) is 11.2. The van der Waals surface area contributed by atoms with Crippen LogP contribution < -0.4 is 15.6 Å². The Hall–Kier alpha value is -5.10.